The Morgan fingerprint density at radius 3 is 2.25 bits per heavy atom. The summed E-state index contributed by atoms with van der Waals surface area (Å²) in [5, 5.41) is 3.11. The van der Waals surface area contributed by atoms with Gasteiger partial charge in [0.25, 0.3) is 11.5 Å². The Bertz CT molecular complexity index is 1360. The van der Waals surface area contributed by atoms with Gasteiger partial charge in [-0.05, 0) is 61.5 Å². The van der Waals surface area contributed by atoms with Gasteiger partial charge in [0.15, 0.2) is 0 Å². The van der Waals surface area contributed by atoms with Crippen molar-refractivity contribution in [3.05, 3.63) is 88.2 Å². The zero-order valence-electron chi connectivity index (χ0n) is 17.7. The predicted octanol–water partition coefficient (Wildman–Crippen LogP) is 4.10. The maximum absolute atomic E-state index is 13.3. The number of benzene rings is 3. The average Bonchev–Trinajstić information content (AvgIpc) is 2.80. The molecule has 1 heterocycles. The van der Waals surface area contributed by atoms with Crippen LogP contribution in [-0.2, 0) is 0 Å². The van der Waals surface area contributed by atoms with E-state index in [1.165, 1.54) is 43.1 Å². The van der Waals surface area contributed by atoms with Gasteiger partial charge in [-0.1, -0.05) is 0 Å². The van der Waals surface area contributed by atoms with E-state index in [2.05, 4.69) is 10.3 Å². The smallest absolute Gasteiger partial charge is 0.266 e. The lowest BCUT2D eigenvalue weighted by Gasteiger charge is -2.12. The Morgan fingerprint density at radius 2 is 1.62 bits per heavy atom. The van der Waals surface area contributed by atoms with Crippen molar-refractivity contribution in [2.24, 2.45) is 0 Å². The Labute approximate surface area is 183 Å². The molecule has 0 aliphatic heterocycles. The number of aryl methyl sites for hydroxylation is 1. The van der Waals surface area contributed by atoms with Gasteiger partial charge < -0.3 is 14.8 Å². The van der Waals surface area contributed by atoms with E-state index in [1.54, 1.807) is 43.3 Å². The first-order valence-corrected chi connectivity index (χ1v) is 9.73. The largest absolute Gasteiger partial charge is 0.497 e. The second kappa shape index (κ2) is 8.50. The van der Waals surface area contributed by atoms with Gasteiger partial charge in [0.1, 0.15) is 23.1 Å². The van der Waals surface area contributed by atoms with Gasteiger partial charge in [-0.25, -0.2) is 9.37 Å². The topological polar surface area (TPSA) is 82.4 Å². The quantitative estimate of drug-likeness (QED) is 0.512. The number of hydrogen-bond acceptors (Lipinski definition) is 5. The summed E-state index contributed by atoms with van der Waals surface area (Å²) in [7, 11) is 3.00. The van der Waals surface area contributed by atoms with E-state index in [0.29, 0.717) is 45.2 Å². The molecule has 3 aromatic carbocycles. The lowest BCUT2D eigenvalue weighted by atomic mass is 10.1. The SMILES string of the molecule is COc1cc(OC)cc(C(=O)Nc2ccc3nc(C)n(-c4ccc(F)cc4)c(=O)c3c2)c1. The Balaban J connectivity index is 1.73. The number of carbonyl (C=O) groups is 1. The van der Waals surface area contributed by atoms with Crippen LogP contribution in [0.25, 0.3) is 16.6 Å². The Hall–Kier alpha value is -4.20. The van der Waals surface area contributed by atoms with Crippen molar-refractivity contribution in [1.29, 1.82) is 0 Å². The van der Waals surface area contributed by atoms with Crippen molar-refractivity contribution in [3.8, 4) is 17.2 Å². The zero-order valence-corrected chi connectivity index (χ0v) is 17.7. The first-order chi connectivity index (χ1) is 15.4. The molecular weight excluding hydrogens is 413 g/mol. The van der Waals surface area contributed by atoms with Crippen molar-refractivity contribution in [2.45, 2.75) is 6.92 Å². The van der Waals surface area contributed by atoms with Crippen molar-refractivity contribution < 1.29 is 18.7 Å². The molecule has 0 aliphatic rings. The number of nitrogens with zero attached hydrogens (tertiary/aromatic N) is 2. The van der Waals surface area contributed by atoms with E-state index < -0.39 is 5.82 Å². The third-order valence-electron chi connectivity index (χ3n) is 4.99. The van der Waals surface area contributed by atoms with Gasteiger partial charge in [-0.3, -0.25) is 14.2 Å². The molecule has 4 aromatic rings. The summed E-state index contributed by atoms with van der Waals surface area (Å²) in [5.41, 5.74) is 1.44. The van der Waals surface area contributed by atoms with E-state index in [9.17, 15) is 14.0 Å². The molecule has 0 atom stereocenters. The van der Waals surface area contributed by atoms with Gasteiger partial charge in [-0.15, -0.1) is 0 Å². The number of rotatable bonds is 5. The molecule has 32 heavy (non-hydrogen) atoms. The van der Waals surface area contributed by atoms with Crippen LogP contribution >= 0.6 is 0 Å². The van der Waals surface area contributed by atoms with Crippen LogP contribution in [-0.4, -0.2) is 29.7 Å². The number of carbonyl (C=O) groups excluding carboxylic acids is 1. The number of ether oxygens (including phenoxy) is 2. The van der Waals surface area contributed by atoms with Crippen LogP contribution in [0.4, 0.5) is 10.1 Å². The zero-order chi connectivity index (χ0) is 22.8. The monoisotopic (exact) mass is 433 g/mol. The second-order valence-electron chi connectivity index (χ2n) is 7.06. The lowest BCUT2D eigenvalue weighted by Crippen LogP contribution is -2.22. The van der Waals surface area contributed by atoms with Crippen LogP contribution in [0.1, 0.15) is 16.2 Å². The summed E-state index contributed by atoms with van der Waals surface area (Å²) in [6.07, 6.45) is 0. The number of hydrogen-bond donors (Lipinski definition) is 1. The molecule has 0 bridgehead atoms. The fourth-order valence-electron chi connectivity index (χ4n) is 3.41. The first kappa shape index (κ1) is 21.0. The number of methoxy groups -OCH3 is 2. The third kappa shape index (κ3) is 4.02. The highest BCUT2D eigenvalue weighted by Crippen LogP contribution is 2.24. The maximum Gasteiger partial charge on any atom is 0.266 e. The molecule has 0 spiro atoms. The van der Waals surface area contributed by atoms with Crippen LogP contribution in [0.15, 0.2) is 65.5 Å². The molecule has 162 valence electrons. The number of nitrogens with one attached hydrogen (secondary N) is 1. The van der Waals surface area contributed by atoms with Crippen molar-refractivity contribution >= 4 is 22.5 Å². The molecule has 4 rings (SSSR count). The highest BCUT2D eigenvalue weighted by Gasteiger charge is 2.14. The van der Waals surface area contributed by atoms with Crippen LogP contribution in [0.3, 0.4) is 0 Å². The van der Waals surface area contributed by atoms with Crippen molar-refractivity contribution in [1.82, 2.24) is 9.55 Å². The minimum absolute atomic E-state index is 0.320. The van der Waals surface area contributed by atoms with E-state index in [-0.39, 0.29) is 11.5 Å². The number of fused-ring (bicyclic) bond motifs is 1. The average molecular weight is 433 g/mol. The first-order valence-electron chi connectivity index (χ1n) is 9.73. The van der Waals surface area contributed by atoms with Crippen molar-refractivity contribution in [3.63, 3.8) is 0 Å². The molecule has 7 nitrogen and oxygen atoms in total. The molecule has 0 fully saturated rings. The molecular formula is C24H20FN3O4. The van der Waals surface area contributed by atoms with E-state index >= 15 is 0 Å². The highest BCUT2D eigenvalue weighted by molar-refractivity contribution is 6.05. The third-order valence-corrected chi connectivity index (χ3v) is 4.99. The number of anilines is 1. The van der Waals surface area contributed by atoms with Gasteiger partial charge >= 0.3 is 0 Å². The van der Waals surface area contributed by atoms with E-state index in [0.717, 1.165) is 0 Å². The number of aromatic nitrogens is 2. The lowest BCUT2D eigenvalue weighted by molar-refractivity contribution is 0.102. The van der Waals surface area contributed by atoms with Gasteiger partial charge in [0.05, 0.1) is 30.8 Å². The van der Waals surface area contributed by atoms with Crippen LogP contribution in [0, 0.1) is 12.7 Å². The van der Waals surface area contributed by atoms with Crippen molar-refractivity contribution in [2.75, 3.05) is 19.5 Å². The van der Waals surface area contributed by atoms with E-state index in [1.807, 2.05) is 0 Å². The standard InChI is InChI=1S/C24H20FN3O4/c1-14-26-22-9-6-17(27-23(29)15-10-19(31-2)13-20(11-15)32-3)12-21(22)24(30)28(14)18-7-4-16(25)5-8-18/h4-13H,1-3H3,(H,27,29). The summed E-state index contributed by atoms with van der Waals surface area (Å²) < 4.78 is 25.1. The minimum atomic E-state index is -0.396. The summed E-state index contributed by atoms with van der Waals surface area (Å²) in [6, 6.07) is 15.3. The summed E-state index contributed by atoms with van der Waals surface area (Å²) in [5.74, 6) is 0.645. The highest BCUT2D eigenvalue weighted by atomic mass is 19.1. The maximum atomic E-state index is 13.3. The summed E-state index contributed by atoms with van der Waals surface area (Å²) in [6.45, 7) is 1.70. The normalized spacial score (nSPS) is 10.8. The number of amides is 1. The molecule has 1 N–H and O–H groups in total. The second-order valence-corrected chi connectivity index (χ2v) is 7.06. The van der Waals surface area contributed by atoms with Crippen LogP contribution < -0.4 is 20.3 Å². The molecule has 0 unspecified atom stereocenters. The van der Waals surface area contributed by atoms with Crippen LogP contribution in [0.2, 0.25) is 0 Å². The molecule has 0 aliphatic carbocycles. The fourth-order valence-corrected chi connectivity index (χ4v) is 3.41. The predicted molar refractivity (Wildman–Crippen MR) is 120 cm³/mol. The summed E-state index contributed by atoms with van der Waals surface area (Å²) in [4.78, 5) is 30.5. The molecule has 0 radical (unpaired) electrons. The molecule has 1 amide bonds. The Morgan fingerprint density at radius 1 is 0.969 bits per heavy atom. The fraction of sp³-hybridized carbons (Fsp3) is 0.125. The Kier molecular flexibility index (Phi) is 5.59. The molecule has 1 aromatic heterocycles. The van der Waals surface area contributed by atoms with Gasteiger partial charge in [0, 0.05) is 17.3 Å². The van der Waals surface area contributed by atoms with Gasteiger partial charge in [0.2, 0.25) is 0 Å². The van der Waals surface area contributed by atoms with E-state index in [4.69, 9.17) is 9.47 Å². The molecule has 0 saturated heterocycles. The molecule has 0 saturated carbocycles. The van der Waals surface area contributed by atoms with Crippen LogP contribution in [0.5, 0.6) is 11.5 Å². The number of halogens is 1. The van der Waals surface area contributed by atoms with Gasteiger partial charge in [-0.2, -0.15) is 0 Å². The summed E-state index contributed by atoms with van der Waals surface area (Å²) >= 11 is 0. The molecule has 8 heteroatoms. The minimum Gasteiger partial charge on any atom is -0.497 e.